The van der Waals surface area contributed by atoms with Crippen molar-refractivity contribution in [3.63, 3.8) is 0 Å². The van der Waals surface area contributed by atoms with Crippen LogP contribution in [0.1, 0.15) is 24.8 Å². The number of piperidine rings is 1. The lowest BCUT2D eigenvalue weighted by atomic mass is 10.0. The number of aryl methyl sites for hydroxylation is 1. The number of hydrogen-bond acceptors (Lipinski definition) is 3. The Morgan fingerprint density at radius 2 is 2.29 bits per heavy atom. The quantitative estimate of drug-likeness (QED) is 0.684. The average Bonchev–Trinajstić information content (AvgIpc) is 2.36. The standard InChI is InChI=1S/C13H18N2O2/c1-9-5-4-7-10(12(9)16)15-13(17)11-6-2-3-8-14-11/h4-5,7,11,14,16H,2-3,6,8H2,1H3,(H,15,17)/t11-/m1/s1. The van der Waals surface area contributed by atoms with Gasteiger partial charge < -0.3 is 15.7 Å². The van der Waals surface area contributed by atoms with Crippen LogP contribution in [0.25, 0.3) is 0 Å². The van der Waals surface area contributed by atoms with Crippen LogP contribution in [0.15, 0.2) is 18.2 Å². The number of phenolic OH excluding ortho intramolecular Hbond substituents is 1. The number of aromatic hydroxyl groups is 1. The van der Waals surface area contributed by atoms with E-state index in [0.717, 1.165) is 31.4 Å². The van der Waals surface area contributed by atoms with Crippen molar-refractivity contribution in [2.75, 3.05) is 11.9 Å². The molecule has 92 valence electrons. The van der Waals surface area contributed by atoms with Gasteiger partial charge in [0.1, 0.15) is 5.75 Å². The van der Waals surface area contributed by atoms with Crippen LogP contribution in [0.4, 0.5) is 5.69 Å². The van der Waals surface area contributed by atoms with Crippen LogP contribution >= 0.6 is 0 Å². The number of anilines is 1. The summed E-state index contributed by atoms with van der Waals surface area (Å²) in [7, 11) is 0. The summed E-state index contributed by atoms with van der Waals surface area (Å²) in [5, 5.41) is 15.8. The van der Waals surface area contributed by atoms with Gasteiger partial charge in [0.25, 0.3) is 0 Å². The summed E-state index contributed by atoms with van der Waals surface area (Å²) in [5.41, 5.74) is 1.25. The first-order valence-electron chi connectivity index (χ1n) is 6.01. The molecule has 3 N–H and O–H groups in total. The molecule has 0 unspecified atom stereocenters. The minimum absolute atomic E-state index is 0.0643. The number of para-hydroxylation sites is 1. The zero-order valence-electron chi connectivity index (χ0n) is 9.99. The van der Waals surface area contributed by atoms with Gasteiger partial charge in [-0.15, -0.1) is 0 Å². The molecule has 4 heteroatoms. The molecule has 1 heterocycles. The molecule has 0 radical (unpaired) electrons. The van der Waals surface area contributed by atoms with Gasteiger partial charge in [0.15, 0.2) is 0 Å². The third kappa shape index (κ3) is 2.77. The fourth-order valence-corrected chi connectivity index (χ4v) is 2.06. The topological polar surface area (TPSA) is 61.4 Å². The Hall–Kier alpha value is -1.55. The zero-order chi connectivity index (χ0) is 12.3. The molecule has 0 aliphatic carbocycles. The normalized spacial score (nSPS) is 19.9. The largest absolute Gasteiger partial charge is 0.505 e. The first-order valence-corrected chi connectivity index (χ1v) is 6.01. The smallest absolute Gasteiger partial charge is 0.241 e. The van der Waals surface area contributed by atoms with E-state index in [9.17, 15) is 9.90 Å². The van der Waals surface area contributed by atoms with E-state index in [1.165, 1.54) is 0 Å². The zero-order valence-corrected chi connectivity index (χ0v) is 9.99. The molecule has 0 bridgehead atoms. The molecular formula is C13H18N2O2. The van der Waals surface area contributed by atoms with Gasteiger partial charge in [-0.2, -0.15) is 0 Å². The van der Waals surface area contributed by atoms with Gasteiger partial charge in [-0.3, -0.25) is 4.79 Å². The molecule has 2 rings (SSSR count). The number of rotatable bonds is 2. The number of amides is 1. The predicted octanol–water partition coefficient (Wildman–Crippen LogP) is 1.78. The SMILES string of the molecule is Cc1cccc(NC(=O)[C@H]2CCCCN2)c1O. The minimum atomic E-state index is -0.135. The highest BCUT2D eigenvalue weighted by molar-refractivity contribution is 5.96. The second-order valence-corrected chi connectivity index (χ2v) is 4.46. The average molecular weight is 234 g/mol. The Labute approximate surface area is 101 Å². The number of carbonyl (C=O) groups excluding carboxylic acids is 1. The fourth-order valence-electron chi connectivity index (χ4n) is 2.06. The summed E-state index contributed by atoms with van der Waals surface area (Å²) in [4.78, 5) is 11.9. The third-order valence-electron chi connectivity index (χ3n) is 3.12. The lowest BCUT2D eigenvalue weighted by molar-refractivity contribution is -0.118. The molecule has 0 spiro atoms. The van der Waals surface area contributed by atoms with Gasteiger partial charge in [0.05, 0.1) is 11.7 Å². The lowest BCUT2D eigenvalue weighted by Gasteiger charge is -2.22. The summed E-state index contributed by atoms with van der Waals surface area (Å²) in [6.45, 7) is 2.70. The molecule has 1 aliphatic heterocycles. The molecule has 1 fully saturated rings. The maximum absolute atomic E-state index is 11.9. The summed E-state index contributed by atoms with van der Waals surface area (Å²) < 4.78 is 0. The number of carbonyl (C=O) groups is 1. The minimum Gasteiger partial charge on any atom is -0.505 e. The Bertz CT molecular complexity index is 412. The highest BCUT2D eigenvalue weighted by Crippen LogP contribution is 2.26. The van der Waals surface area contributed by atoms with Crippen LogP contribution in [0.2, 0.25) is 0 Å². The van der Waals surface area contributed by atoms with Crippen LogP contribution in [0, 0.1) is 6.92 Å². The Kier molecular flexibility index (Phi) is 3.64. The maximum Gasteiger partial charge on any atom is 0.241 e. The molecule has 17 heavy (non-hydrogen) atoms. The first kappa shape index (κ1) is 11.9. The van der Waals surface area contributed by atoms with Crippen LogP contribution in [0.3, 0.4) is 0 Å². The van der Waals surface area contributed by atoms with Crippen LogP contribution in [-0.4, -0.2) is 23.6 Å². The Morgan fingerprint density at radius 3 is 3.00 bits per heavy atom. The number of benzene rings is 1. The number of hydrogen-bond donors (Lipinski definition) is 3. The summed E-state index contributed by atoms with van der Waals surface area (Å²) in [5.74, 6) is 0.0854. The van der Waals surface area contributed by atoms with E-state index in [1.54, 1.807) is 6.07 Å². The molecule has 0 saturated carbocycles. The Balaban J connectivity index is 2.04. The first-order chi connectivity index (χ1) is 8.18. The van der Waals surface area contributed by atoms with Crippen LogP contribution in [0.5, 0.6) is 5.75 Å². The molecule has 1 aromatic carbocycles. The maximum atomic E-state index is 11.9. The van der Waals surface area contributed by atoms with Crippen molar-refractivity contribution >= 4 is 11.6 Å². The van der Waals surface area contributed by atoms with Crippen molar-refractivity contribution in [2.24, 2.45) is 0 Å². The van der Waals surface area contributed by atoms with Crippen molar-refractivity contribution in [3.8, 4) is 5.75 Å². The molecule has 1 aromatic rings. The van der Waals surface area contributed by atoms with E-state index in [1.807, 2.05) is 19.1 Å². The van der Waals surface area contributed by atoms with Crippen molar-refractivity contribution in [2.45, 2.75) is 32.2 Å². The van der Waals surface area contributed by atoms with E-state index < -0.39 is 0 Å². The molecule has 1 saturated heterocycles. The van der Waals surface area contributed by atoms with Gasteiger partial charge in [0.2, 0.25) is 5.91 Å². The molecule has 1 aliphatic rings. The molecule has 1 atom stereocenters. The molecule has 4 nitrogen and oxygen atoms in total. The number of nitrogens with one attached hydrogen (secondary N) is 2. The van der Waals surface area contributed by atoms with E-state index in [-0.39, 0.29) is 17.7 Å². The van der Waals surface area contributed by atoms with Crippen molar-refractivity contribution in [1.82, 2.24) is 5.32 Å². The summed E-state index contributed by atoms with van der Waals surface area (Å²) in [6.07, 6.45) is 3.06. The monoisotopic (exact) mass is 234 g/mol. The highest BCUT2D eigenvalue weighted by atomic mass is 16.3. The van der Waals surface area contributed by atoms with E-state index in [2.05, 4.69) is 10.6 Å². The fraction of sp³-hybridized carbons (Fsp3) is 0.462. The van der Waals surface area contributed by atoms with Gasteiger partial charge in [0, 0.05) is 0 Å². The predicted molar refractivity (Wildman–Crippen MR) is 67.1 cm³/mol. The van der Waals surface area contributed by atoms with E-state index in [0.29, 0.717) is 5.69 Å². The number of phenols is 1. The summed E-state index contributed by atoms with van der Waals surface area (Å²) in [6, 6.07) is 5.20. The van der Waals surface area contributed by atoms with E-state index in [4.69, 9.17) is 0 Å². The highest BCUT2D eigenvalue weighted by Gasteiger charge is 2.21. The Morgan fingerprint density at radius 1 is 1.47 bits per heavy atom. The van der Waals surface area contributed by atoms with Gasteiger partial charge in [-0.25, -0.2) is 0 Å². The van der Waals surface area contributed by atoms with Crippen LogP contribution in [-0.2, 0) is 4.79 Å². The molecular weight excluding hydrogens is 216 g/mol. The second-order valence-electron chi connectivity index (χ2n) is 4.46. The van der Waals surface area contributed by atoms with Crippen molar-refractivity contribution in [1.29, 1.82) is 0 Å². The lowest BCUT2D eigenvalue weighted by Crippen LogP contribution is -2.43. The van der Waals surface area contributed by atoms with Crippen LogP contribution < -0.4 is 10.6 Å². The van der Waals surface area contributed by atoms with Crippen molar-refractivity contribution < 1.29 is 9.90 Å². The van der Waals surface area contributed by atoms with Gasteiger partial charge in [-0.05, 0) is 37.9 Å². The van der Waals surface area contributed by atoms with E-state index >= 15 is 0 Å². The van der Waals surface area contributed by atoms with Gasteiger partial charge in [-0.1, -0.05) is 18.6 Å². The third-order valence-corrected chi connectivity index (χ3v) is 3.12. The van der Waals surface area contributed by atoms with Crippen molar-refractivity contribution in [3.05, 3.63) is 23.8 Å². The molecule has 0 aromatic heterocycles. The second kappa shape index (κ2) is 5.19. The summed E-state index contributed by atoms with van der Waals surface area (Å²) >= 11 is 0. The molecule has 1 amide bonds. The van der Waals surface area contributed by atoms with Gasteiger partial charge >= 0.3 is 0 Å².